The predicted octanol–water partition coefficient (Wildman–Crippen LogP) is 2.85. The summed E-state index contributed by atoms with van der Waals surface area (Å²) in [6.07, 6.45) is 0.951. The van der Waals surface area contributed by atoms with Gasteiger partial charge in [-0.25, -0.2) is 14.5 Å². The molecule has 0 N–H and O–H groups in total. The molecule has 2 aliphatic rings. The second-order valence-electron chi connectivity index (χ2n) is 7.67. The molecule has 0 aliphatic carbocycles. The molecule has 3 rings (SSSR count). The fourth-order valence-electron chi connectivity index (χ4n) is 3.32. The van der Waals surface area contributed by atoms with Gasteiger partial charge in [0.25, 0.3) is 5.91 Å². The van der Waals surface area contributed by atoms with Crippen molar-refractivity contribution in [2.45, 2.75) is 45.3 Å². The van der Waals surface area contributed by atoms with E-state index in [0.29, 0.717) is 31.6 Å². The minimum Gasteiger partial charge on any atom is -0.444 e. The van der Waals surface area contributed by atoms with Crippen molar-refractivity contribution in [2.24, 2.45) is 0 Å². The molecule has 4 amide bonds. The summed E-state index contributed by atoms with van der Waals surface area (Å²) in [5.74, 6) is -0.212. The molecule has 0 spiro atoms. The number of ether oxygens (including phenoxy) is 1. The summed E-state index contributed by atoms with van der Waals surface area (Å²) >= 11 is 0. The molecule has 0 aromatic heterocycles. The fourth-order valence-corrected chi connectivity index (χ4v) is 3.32. The van der Waals surface area contributed by atoms with E-state index >= 15 is 0 Å². The van der Waals surface area contributed by atoms with Crippen molar-refractivity contribution in [3.63, 3.8) is 0 Å². The maximum Gasteiger partial charge on any atom is 0.410 e. The second kappa shape index (κ2) is 6.97. The van der Waals surface area contributed by atoms with E-state index < -0.39 is 5.60 Å². The molecule has 7 nitrogen and oxygen atoms in total. The third-order valence-electron chi connectivity index (χ3n) is 4.56. The lowest BCUT2D eigenvalue weighted by Gasteiger charge is -2.36. The molecule has 0 saturated carbocycles. The van der Waals surface area contributed by atoms with Crippen molar-refractivity contribution >= 4 is 23.7 Å². The maximum atomic E-state index is 12.7. The molecule has 0 radical (unpaired) electrons. The summed E-state index contributed by atoms with van der Waals surface area (Å²) < 4.78 is 5.40. The number of piperidine rings is 1. The quantitative estimate of drug-likeness (QED) is 0.762. The van der Waals surface area contributed by atoms with E-state index in [9.17, 15) is 14.4 Å². The minimum absolute atomic E-state index is 0.0427. The van der Waals surface area contributed by atoms with E-state index in [4.69, 9.17) is 4.74 Å². The Morgan fingerprint density at radius 3 is 2.27 bits per heavy atom. The Hall–Kier alpha value is -2.57. The van der Waals surface area contributed by atoms with Crippen molar-refractivity contribution in [2.75, 3.05) is 24.5 Å². The number of hydrogen-bond donors (Lipinski definition) is 0. The number of para-hydroxylation sites is 1. The molecule has 26 heavy (non-hydrogen) atoms. The van der Waals surface area contributed by atoms with E-state index in [2.05, 4.69) is 0 Å². The summed E-state index contributed by atoms with van der Waals surface area (Å²) in [6, 6.07) is 8.64. The number of amides is 4. The molecule has 140 valence electrons. The highest BCUT2D eigenvalue weighted by molar-refractivity contribution is 6.19. The molecule has 0 bridgehead atoms. The standard InChI is InChI=1S/C19H25N3O4/c1-19(2,3)26-18(25)20-11-9-14(10-12-20)21-13-16(23)22(17(21)24)15-7-5-4-6-8-15/h4-8,14H,9-13H2,1-3H3. The van der Waals surface area contributed by atoms with Crippen LogP contribution in [0, 0.1) is 0 Å². The molecule has 7 heteroatoms. The summed E-state index contributed by atoms with van der Waals surface area (Å²) in [7, 11) is 0. The van der Waals surface area contributed by atoms with Gasteiger partial charge < -0.3 is 14.5 Å². The highest BCUT2D eigenvalue weighted by atomic mass is 16.6. The van der Waals surface area contributed by atoms with E-state index in [-0.39, 0.29) is 30.6 Å². The van der Waals surface area contributed by atoms with Crippen LogP contribution in [0.1, 0.15) is 33.6 Å². The van der Waals surface area contributed by atoms with Crippen LogP contribution in [-0.2, 0) is 9.53 Å². The number of rotatable bonds is 2. The zero-order valence-corrected chi connectivity index (χ0v) is 15.5. The summed E-state index contributed by atoms with van der Waals surface area (Å²) in [5.41, 5.74) is 0.0674. The number of hydrogen-bond acceptors (Lipinski definition) is 4. The third kappa shape index (κ3) is 3.81. The summed E-state index contributed by atoms with van der Waals surface area (Å²) in [5, 5.41) is 0. The first-order valence-electron chi connectivity index (χ1n) is 8.93. The third-order valence-corrected chi connectivity index (χ3v) is 4.56. The molecule has 2 heterocycles. The lowest BCUT2D eigenvalue weighted by Crippen LogP contribution is -2.49. The van der Waals surface area contributed by atoms with Crippen LogP contribution in [0.4, 0.5) is 15.3 Å². The Bertz CT molecular complexity index is 690. The number of nitrogens with zero attached hydrogens (tertiary/aromatic N) is 3. The zero-order valence-electron chi connectivity index (χ0n) is 15.5. The number of carbonyl (C=O) groups is 3. The van der Waals surface area contributed by atoms with Crippen LogP contribution >= 0.6 is 0 Å². The van der Waals surface area contributed by atoms with Gasteiger partial charge in [-0.2, -0.15) is 0 Å². The van der Waals surface area contributed by atoms with Gasteiger partial charge in [0.05, 0.1) is 5.69 Å². The average molecular weight is 359 g/mol. The topological polar surface area (TPSA) is 70.2 Å². The molecule has 1 aromatic carbocycles. The van der Waals surface area contributed by atoms with E-state index in [1.54, 1.807) is 34.1 Å². The summed E-state index contributed by atoms with van der Waals surface area (Å²) in [4.78, 5) is 41.8. The van der Waals surface area contributed by atoms with Crippen LogP contribution in [0.3, 0.4) is 0 Å². The van der Waals surface area contributed by atoms with Gasteiger partial charge in [0.1, 0.15) is 12.1 Å². The van der Waals surface area contributed by atoms with E-state index in [0.717, 1.165) is 0 Å². The number of benzene rings is 1. The van der Waals surface area contributed by atoms with Crippen molar-refractivity contribution in [1.29, 1.82) is 0 Å². The van der Waals surface area contributed by atoms with Gasteiger partial charge in [0.2, 0.25) is 0 Å². The smallest absolute Gasteiger partial charge is 0.410 e. The Balaban J connectivity index is 1.61. The van der Waals surface area contributed by atoms with Gasteiger partial charge in [-0.3, -0.25) is 4.79 Å². The number of urea groups is 1. The van der Waals surface area contributed by atoms with Crippen molar-refractivity contribution in [3.8, 4) is 0 Å². The number of imide groups is 1. The Kier molecular flexibility index (Phi) is 4.89. The Labute approximate surface area is 153 Å². The van der Waals surface area contributed by atoms with E-state index in [1.807, 2.05) is 26.8 Å². The molecular formula is C19H25N3O4. The molecule has 0 atom stereocenters. The van der Waals surface area contributed by atoms with Crippen LogP contribution in [0.15, 0.2) is 30.3 Å². The molecule has 1 aromatic rings. The maximum absolute atomic E-state index is 12.7. The van der Waals surface area contributed by atoms with Crippen LogP contribution in [-0.4, -0.2) is 59.1 Å². The van der Waals surface area contributed by atoms with Crippen molar-refractivity contribution in [3.05, 3.63) is 30.3 Å². The molecular weight excluding hydrogens is 334 g/mol. The van der Waals surface area contributed by atoms with Crippen LogP contribution < -0.4 is 4.90 Å². The number of likely N-dealkylation sites (tertiary alicyclic amines) is 1. The Morgan fingerprint density at radius 2 is 1.69 bits per heavy atom. The molecule has 2 fully saturated rings. The average Bonchev–Trinajstić information content (AvgIpc) is 2.89. The predicted molar refractivity (Wildman–Crippen MR) is 96.9 cm³/mol. The lowest BCUT2D eigenvalue weighted by molar-refractivity contribution is -0.117. The largest absolute Gasteiger partial charge is 0.444 e. The number of anilines is 1. The van der Waals surface area contributed by atoms with Gasteiger partial charge in [0, 0.05) is 19.1 Å². The monoisotopic (exact) mass is 359 g/mol. The molecule has 2 aliphatic heterocycles. The highest BCUT2D eigenvalue weighted by Gasteiger charge is 2.42. The van der Waals surface area contributed by atoms with Gasteiger partial charge >= 0.3 is 12.1 Å². The lowest BCUT2D eigenvalue weighted by atomic mass is 10.0. The van der Waals surface area contributed by atoms with Gasteiger partial charge in [-0.05, 0) is 45.7 Å². The SMILES string of the molecule is CC(C)(C)OC(=O)N1CCC(N2CC(=O)N(c3ccccc3)C2=O)CC1. The molecule has 0 unspecified atom stereocenters. The first kappa shape index (κ1) is 18.2. The normalized spacial score (nSPS) is 19.3. The minimum atomic E-state index is -0.526. The van der Waals surface area contributed by atoms with Crippen molar-refractivity contribution < 1.29 is 19.1 Å². The van der Waals surface area contributed by atoms with Gasteiger partial charge in [0.15, 0.2) is 0 Å². The number of carbonyl (C=O) groups excluding carboxylic acids is 3. The van der Waals surface area contributed by atoms with Gasteiger partial charge in [-0.15, -0.1) is 0 Å². The summed E-state index contributed by atoms with van der Waals surface area (Å²) in [6.45, 7) is 6.63. The highest BCUT2D eigenvalue weighted by Crippen LogP contribution is 2.26. The second-order valence-corrected chi connectivity index (χ2v) is 7.67. The van der Waals surface area contributed by atoms with E-state index in [1.165, 1.54) is 4.90 Å². The van der Waals surface area contributed by atoms with Crippen LogP contribution in [0.5, 0.6) is 0 Å². The Morgan fingerprint density at radius 1 is 1.08 bits per heavy atom. The zero-order chi connectivity index (χ0) is 18.9. The fraction of sp³-hybridized carbons (Fsp3) is 0.526. The van der Waals surface area contributed by atoms with Crippen LogP contribution in [0.25, 0.3) is 0 Å². The van der Waals surface area contributed by atoms with Crippen molar-refractivity contribution in [1.82, 2.24) is 9.80 Å². The first-order valence-corrected chi connectivity index (χ1v) is 8.93. The first-order chi connectivity index (χ1) is 12.3. The molecule has 2 saturated heterocycles. The van der Waals surface area contributed by atoms with Gasteiger partial charge in [-0.1, -0.05) is 18.2 Å². The van der Waals surface area contributed by atoms with Crippen LogP contribution in [0.2, 0.25) is 0 Å².